The number of nitrogens with zero attached hydrogens (tertiary/aromatic N) is 1. The van der Waals surface area contributed by atoms with Crippen molar-refractivity contribution in [1.29, 1.82) is 0 Å². The van der Waals surface area contributed by atoms with E-state index in [1.54, 1.807) is 36.6 Å². The number of hydrogen-bond donors (Lipinski definition) is 3. The van der Waals surface area contributed by atoms with Crippen molar-refractivity contribution in [2.75, 3.05) is 12.6 Å². The van der Waals surface area contributed by atoms with Crippen molar-refractivity contribution in [1.82, 2.24) is 5.32 Å². The van der Waals surface area contributed by atoms with E-state index in [9.17, 15) is 19.5 Å². The van der Waals surface area contributed by atoms with Gasteiger partial charge in [-0.25, -0.2) is 4.39 Å². The normalized spacial score (nSPS) is 17.5. The number of alkyl halides is 3. The highest BCUT2D eigenvalue weighted by Gasteiger charge is 2.25. The number of hydroxylamine groups is 1. The van der Waals surface area contributed by atoms with Gasteiger partial charge in [-0.3, -0.25) is 10.0 Å². The van der Waals surface area contributed by atoms with Crippen LogP contribution < -0.4 is 5.32 Å². The number of aliphatic hydroxyl groups excluding tert-OH is 1. The molecular weight excluding hydrogens is 382 g/mol. The first kappa shape index (κ1) is 20.4. The Labute approximate surface area is 161 Å². The maximum absolute atomic E-state index is 13.3. The van der Waals surface area contributed by atoms with Crippen LogP contribution in [-0.4, -0.2) is 51.1 Å². The highest BCUT2D eigenvalue weighted by molar-refractivity contribution is 6.36. The molecule has 0 radical (unpaired) electrons. The van der Waals surface area contributed by atoms with Gasteiger partial charge in [-0.2, -0.15) is 0 Å². The van der Waals surface area contributed by atoms with E-state index in [2.05, 4.69) is 5.32 Å². The number of nitrogens with one attached hydrogen (secondary N) is 1. The van der Waals surface area contributed by atoms with E-state index in [4.69, 9.17) is 23.2 Å². The molecule has 0 aliphatic carbocycles. The van der Waals surface area contributed by atoms with Gasteiger partial charge in [0.15, 0.2) is 0 Å². The number of aliphatic hydroxyl groups is 1. The molecule has 3 N–H and O–H groups in total. The average Bonchev–Trinajstić information content (AvgIpc) is 2.89. The van der Waals surface area contributed by atoms with Gasteiger partial charge >= 0.3 is 0 Å². The fourth-order valence-electron chi connectivity index (χ4n) is 2.44. The van der Waals surface area contributed by atoms with E-state index in [0.29, 0.717) is 12.0 Å². The third-order valence-electron chi connectivity index (χ3n) is 3.92. The second-order valence-corrected chi connectivity index (χ2v) is 6.57. The van der Waals surface area contributed by atoms with Crippen LogP contribution in [0.1, 0.15) is 23.7 Å². The molecule has 0 saturated carbocycles. The summed E-state index contributed by atoms with van der Waals surface area (Å²) in [5.74, 6) is -0.735. The summed E-state index contributed by atoms with van der Waals surface area (Å²) in [4.78, 5) is 11.8. The van der Waals surface area contributed by atoms with Gasteiger partial charge in [-0.1, -0.05) is 30.3 Å². The molecule has 2 rings (SSSR count). The summed E-state index contributed by atoms with van der Waals surface area (Å²) in [6.07, 6.45) is 6.18. The Balaban J connectivity index is 2.10. The number of rotatable bonds is 7. The van der Waals surface area contributed by atoms with Crippen molar-refractivity contribution in [2.24, 2.45) is 0 Å². The Hall–Kier alpha value is -1.89. The molecule has 0 spiro atoms. The van der Waals surface area contributed by atoms with Crippen molar-refractivity contribution < 1.29 is 24.2 Å². The first-order chi connectivity index (χ1) is 12.5. The van der Waals surface area contributed by atoms with Crippen molar-refractivity contribution in [3.05, 3.63) is 53.7 Å². The van der Waals surface area contributed by atoms with Crippen LogP contribution >= 0.6 is 23.2 Å². The van der Waals surface area contributed by atoms with Gasteiger partial charge in [-0.15, -0.1) is 23.2 Å². The summed E-state index contributed by atoms with van der Waals surface area (Å²) < 4.78 is 14.3. The Morgan fingerprint density at radius 2 is 2.04 bits per heavy atom. The zero-order valence-electron chi connectivity index (χ0n) is 13.9. The van der Waals surface area contributed by atoms with Crippen molar-refractivity contribution in [3.63, 3.8) is 0 Å². The topological polar surface area (TPSA) is 72.6 Å². The van der Waals surface area contributed by atoms with Crippen LogP contribution in [0.2, 0.25) is 0 Å². The summed E-state index contributed by atoms with van der Waals surface area (Å²) in [5, 5.41) is 21.2. The van der Waals surface area contributed by atoms with Crippen LogP contribution in [0.5, 0.6) is 0 Å². The number of benzene rings is 1. The molecule has 3 atom stereocenters. The van der Waals surface area contributed by atoms with E-state index < -0.39 is 30.1 Å². The number of halogens is 3. The average molecular weight is 402 g/mol. The molecule has 0 aromatic heterocycles. The Bertz CT molecular complexity index is 720. The molecule has 0 saturated heterocycles. The molecule has 1 amide bonds. The zero-order chi connectivity index (χ0) is 19.1. The fraction of sp³-hybridized carbons (Fsp3) is 0.333. The third-order valence-corrected chi connectivity index (χ3v) is 4.74. The minimum atomic E-state index is -1.22. The standard InChI is InChI=1S/C18H19Cl2FN2O3/c19-10-15(20)18(25)22-16(11-21)17(24)14-5-3-13(4-6-14)12-2-1-8-23(26)9-7-12/h2-9,15-17,24H,1,10-11H2,(H-,22,25,26)/p+1. The fourth-order valence-corrected chi connectivity index (χ4v) is 2.64. The Morgan fingerprint density at radius 3 is 2.65 bits per heavy atom. The second kappa shape index (κ2) is 9.71. The molecule has 0 fully saturated rings. The molecule has 1 aliphatic heterocycles. The zero-order valence-corrected chi connectivity index (χ0v) is 15.4. The van der Waals surface area contributed by atoms with Crippen molar-refractivity contribution in [3.8, 4) is 0 Å². The molecule has 5 nitrogen and oxygen atoms in total. The quantitative estimate of drug-likeness (QED) is 0.373. The maximum Gasteiger partial charge on any atom is 0.239 e. The SMILES string of the molecule is O=C(NC(CF)C(O)c1ccc(C2=CCC=[N+](O)C=C2)cc1)C(Cl)CCl. The van der Waals surface area contributed by atoms with E-state index >= 15 is 0 Å². The molecule has 8 heteroatoms. The van der Waals surface area contributed by atoms with E-state index in [1.165, 1.54) is 6.20 Å². The summed E-state index contributed by atoms with van der Waals surface area (Å²) in [6, 6.07) is 5.76. The highest BCUT2D eigenvalue weighted by Crippen LogP contribution is 2.23. The summed E-state index contributed by atoms with van der Waals surface area (Å²) in [5.41, 5.74) is 2.24. The second-order valence-electron chi connectivity index (χ2n) is 5.73. The van der Waals surface area contributed by atoms with Crippen molar-refractivity contribution >= 4 is 40.9 Å². The van der Waals surface area contributed by atoms with Crippen LogP contribution in [0.4, 0.5) is 4.39 Å². The first-order valence-corrected chi connectivity index (χ1v) is 8.97. The molecule has 1 heterocycles. The predicted octanol–water partition coefficient (Wildman–Crippen LogP) is 2.79. The first-order valence-electron chi connectivity index (χ1n) is 8.00. The molecule has 0 bridgehead atoms. The van der Waals surface area contributed by atoms with Gasteiger partial charge in [-0.05, 0) is 21.4 Å². The molecule has 1 aromatic rings. The van der Waals surface area contributed by atoms with Gasteiger partial charge in [0.05, 0.1) is 6.04 Å². The van der Waals surface area contributed by atoms with Gasteiger partial charge in [0.1, 0.15) is 18.2 Å². The minimum absolute atomic E-state index is 0.109. The van der Waals surface area contributed by atoms with E-state index in [1.807, 2.05) is 6.08 Å². The predicted molar refractivity (Wildman–Crippen MR) is 99.5 cm³/mol. The van der Waals surface area contributed by atoms with Crippen molar-refractivity contribution in [2.45, 2.75) is 23.9 Å². The Kier molecular flexibility index (Phi) is 7.63. The maximum atomic E-state index is 13.3. The monoisotopic (exact) mass is 401 g/mol. The molecule has 26 heavy (non-hydrogen) atoms. The minimum Gasteiger partial charge on any atom is -0.386 e. The smallest absolute Gasteiger partial charge is 0.239 e. The van der Waals surface area contributed by atoms with E-state index in [-0.39, 0.29) is 5.88 Å². The lowest BCUT2D eigenvalue weighted by molar-refractivity contribution is -0.722. The number of allylic oxidation sites excluding steroid dienone is 3. The third kappa shape index (κ3) is 5.30. The van der Waals surface area contributed by atoms with Gasteiger partial charge < -0.3 is 10.4 Å². The van der Waals surface area contributed by atoms with Gasteiger partial charge in [0.2, 0.25) is 18.3 Å². The summed E-state index contributed by atoms with van der Waals surface area (Å²) in [7, 11) is 0. The van der Waals surface area contributed by atoms with E-state index in [0.717, 1.165) is 15.9 Å². The highest BCUT2D eigenvalue weighted by atomic mass is 35.5. The van der Waals surface area contributed by atoms with Crippen LogP contribution in [-0.2, 0) is 4.79 Å². The van der Waals surface area contributed by atoms with Gasteiger partial charge in [0, 0.05) is 18.4 Å². The number of carbonyl (C=O) groups is 1. The van der Waals surface area contributed by atoms with Crippen LogP contribution in [0.25, 0.3) is 5.57 Å². The van der Waals surface area contributed by atoms with Gasteiger partial charge in [0.25, 0.3) is 0 Å². The molecular formula is C18H20Cl2FN2O3+. The molecule has 1 aliphatic rings. The largest absolute Gasteiger partial charge is 0.386 e. The Morgan fingerprint density at radius 1 is 1.35 bits per heavy atom. The van der Waals surface area contributed by atoms with Crippen LogP contribution in [0.3, 0.4) is 0 Å². The summed E-state index contributed by atoms with van der Waals surface area (Å²) in [6.45, 7) is -0.948. The molecule has 1 aromatic carbocycles. The lowest BCUT2D eigenvalue weighted by Crippen LogP contribution is -2.44. The number of amides is 1. The van der Waals surface area contributed by atoms with Crippen LogP contribution in [0, 0.1) is 0 Å². The van der Waals surface area contributed by atoms with Crippen LogP contribution in [0.15, 0.2) is 42.6 Å². The molecule has 140 valence electrons. The lowest BCUT2D eigenvalue weighted by Gasteiger charge is -2.23. The lowest BCUT2D eigenvalue weighted by atomic mass is 9.98. The number of hydrogen-bond acceptors (Lipinski definition) is 3. The molecule has 3 unspecified atom stereocenters. The summed E-state index contributed by atoms with van der Waals surface area (Å²) >= 11 is 11.2. The number of carbonyl (C=O) groups excluding carboxylic acids is 1.